The number of likely N-dealkylation sites (N-methyl/N-ethyl adjacent to an activating group) is 1. The van der Waals surface area contributed by atoms with Crippen LogP contribution in [0.4, 0.5) is 0 Å². The van der Waals surface area contributed by atoms with Crippen LogP contribution < -0.4 is 10.6 Å². The van der Waals surface area contributed by atoms with Gasteiger partial charge in [-0.3, -0.25) is 9.59 Å². The Hall–Kier alpha value is -1.10. The molecule has 2 N–H and O–H groups in total. The van der Waals surface area contributed by atoms with Crippen molar-refractivity contribution in [1.82, 2.24) is 15.5 Å². The summed E-state index contributed by atoms with van der Waals surface area (Å²) in [5, 5.41) is 5.81. The molecule has 0 aromatic heterocycles. The number of carbonyl (C=O) groups excluding carboxylic acids is 2. The molecular weight excluding hydrogens is 206 g/mol. The molecule has 2 amide bonds. The zero-order chi connectivity index (χ0) is 12.1. The van der Waals surface area contributed by atoms with Crippen LogP contribution >= 0.6 is 0 Å². The molecule has 0 aromatic rings. The lowest BCUT2D eigenvalue weighted by molar-refractivity contribution is -0.132. The summed E-state index contributed by atoms with van der Waals surface area (Å²) < 4.78 is 0. The molecule has 1 aliphatic heterocycles. The van der Waals surface area contributed by atoms with Gasteiger partial charge in [0.1, 0.15) is 0 Å². The average Bonchev–Trinajstić information content (AvgIpc) is 2.70. The number of nitrogens with one attached hydrogen (secondary N) is 2. The molecule has 0 aromatic carbocycles. The third kappa shape index (κ3) is 3.20. The maximum atomic E-state index is 11.7. The number of hydrogen-bond donors (Lipinski definition) is 2. The zero-order valence-corrected chi connectivity index (χ0v) is 10.2. The van der Waals surface area contributed by atoms with Crippen LogP contribution in [-0.2, 0) is 9.59 Å². The number of nitrogens with zero attached hydrogens (tertiary/aromatic N) is 1. The van der Waals surface area contributed by atoms with Crippen molar-refractivity contribution >= 4 is 11.8 Å². The van der Waals surface area contributed by atoms with Gasteiger partial charge in [-0.1, -0.05) is 6.92 Å². The molecule has 1 aliphatic rings. The fourth-order valence-corrected chi connectivity index (χ4v) is 1.77. The Morgan fingerprint density at radius 2 is 2.19 bits per heavy atom. The van der Waals surface area contributed by atoms with Crippen molar-refractivity contribution in [2.75, 3.05) is 26.7 Å². The number of hydrogen-bond acceptors (Lipinski definition) is 3. The Morgan fingerprint density at radius 3 is 2.69 bits per heavy atom. The van der Waals surface area contributed by atoms with Crippen LogP contribution in [0.1, 0.15) is 20.3 Å². The first-order chi connectivity index (χ1) is 7.56. The van der Waals surface area contributed by atoms with Gasteiger partial charge in [-0.05, 0) is 25.8 Å². The van der Waals surface area contributed by atoms with E-state index in [0.717, 1.165) is 13.0 Å². The lowest BCUT2D eigenvalue weighted by Gasteiger charge is -2.18. The molecule has 0 radical (unpaired) electrons. The van der Waals surface area contributed by atoms with Crippen LogP contribution in [0.2, 0.25) is 0 Å². The van der Waals surface area contributed by atoms with Crippen LogP contribution in [0.3, 0.4) is 0 Å². The highest BCUT2D eigenvalue weighted by atomic mass is 16.2. The van der Waals surface area contributed by atoms with E-state index >= 15 is 0 Å². The van der Waals surface area contributed by atoms with Crippen LogP contribution in [0.5, 0.6) is 0 Å². The van der Waals surface area contributed by atoms with Crippen molar-refractivity contribution < 1.29 is 9.59 Å². The van der Waals surface area contributed by atoms with E-state index in [-0.39, 0.29) is 24.4 Å². The first-order valence-corrected chi connectivity index (χ1v) is 5.81. The second kappa shape index (κ2) is 5.84. The molecule has 2 unspecified atom stereocenters. The summed E-state index contributed by atoms with van der Waals surface area (Å²) in [5.74, 6) is 0.225. The predicted molar refractivity (Wildman–Crippen MR) is 61.9 cm³/mol. The van der Waals surface area contributed by atoms with Gasteiger partial charge in [-0.25, -0.2) is 0 Å². The van der Waals surface area contributed by atoms with E-state index in [4.69, 9.17) is 0 Å². The molecule has 16 heavy (non-hydrogen) atoms. The maximum Gasteiger partial charge on any atom is 0.241 e. The van der Waals surface area contributed by atoms with Crippen LogP contribution in [-0.4, -0.2) is 49.4 Å². The quantitative estimate of drug-likeness (QED) is 0.685. The van der Waals surface area contributed by atoms with E-state index < -0.39 is 0 Å². The number of carbonyl (C=O) groups is 2. The number of amides is 2. The topological polar surface area (TPSA) is 61.4 Å². The number of rotatable bonds is 4. The second-order valence-corrected chi connectivity index (χ2v) is 4.32. The minimum atomic E-state index is -0.139. The Morgan fingerprint density at radius 1 is 1.50 bits per heavy atom. The van der Waals surface area contributed by atoms with Gasteiger partial charge in [0.05, 0.1) is 12.6 Å². The van der Waals surface area contributed by atoms with Crippen LogP contribution in [0.25, 0.3) is 0 Å². The molecule has 1 heterocycles. The fraction of sp³-hybridized carbons (Fsp3) is 0.818. The zero-order valence-electron chi connectivity index (χ0n) is 10.2. The summed E-state index contributed by atoms with van der Waals surface area (Å²) in [6, 6.07) is -0.139. The molecule has 0 spiro atoms. The van der Waals surface area contributed by atoms with Crippen molar-refractivity contribution in [2.24, 2.45) is 5.92 Å². The first kappa shape index (κ1) is 13.0. The van der Waals surface area contributed by atoms with Gasteiger partial charge in [0, 0.05) is 13.6 Å². The molecule has 5 heteroatoms. The third-order valence-electron chi connectivity index (χ3n) is 3.13. The van der Waals surface area contributed by atoms with E-state index in [9.17, 15) is 9.59 Å². The van der Waals surface area contributed by atoms with Crippen molar-refractivity contribution in [3.63, 3.8) is 0 Å². The maximum absolute atomic E-state index is 11.7. The normalized spacial score (nSPS) is 24.2. The predicted octanol–water partition coefficient (Wildman–Crippen LogP) is -0.421. The van der Waals surface area contributed by atoms with E-state index in [1.54, 1.807) is 11.9 Å². The Kier molecular flexibility index (Phi) is 4.73. The largest absolute Gasteiger partial charge is 0.346 e. The molecule has 1 rings (SSSR count). The lowest BCUT2D eigenvalue weighted by Crippen LogP contribution is -2.46. The van der Waals surface area contributed by atoms with Crippen molar-refractivity contribution in [3.05, 3.63) is 0 Å². The van der Waals surface area contributed by atoms with E-state index in [2.05, 4.69) is 10.6 Å². The van der Waals surface area contributed by atoms with Gasteiger partial charge in [-0.2, -0.15) is 0 Å². The van der Waals surface area contributed by atoms with Crippen molar-refractivity contribution in [3.8, 4) is 0 Å². The summed E-state index contributed by atoms with van der Waals surface area (Å²) in [6.07, 6.45) is 1.01. The Labute approximate surface area is 96.6 Å². The lowest BCUT2D eigenvalue weighted by atomic mass is 10.0. The minimum Gasteiger partial charge on any atom is -0.346 e. The molecule has 5 nitrogen and oxygen atoms in total. The second-order valence-electron chi connectivity index (χ2n) is 4.32. The van der Waals surface area contributed by atoms with Crippen molar-refractivity contribution in [1.29, 1.82) is 0 Å². The summed E-state index contributed by atoms with van der Waals surface area (Å²) in [4.78, 5) is 24.8. The summed E-state index contributed by atoms with van der Waals surface area (Å²) in [5.41, 5.74) is 0. The SMILES string of the molecule is CCN(C)C(=O)CNC(=O)C1NCCC1C. The molecule has 0 bridgehead atoms. The summed E-state index contributed by atoms with van der Waals surface area (Å²) >= 11 is 0. The summed E-state index contributed by atoms with van der Waals surface area (Å²) in [6.45, 7) is 5.58. The molecule has 92 valence electrons. The molecule has 1 saturated heterocycles. The van der Waals surface area contributed by atoms with Crippen LogP contribution in [0.15, 0.2) is 0 Å². The van der Waals surface area contributed by atoms with Gasteiger partial charge in [0.25, 0.3) is 0 Å². The highest BCUT2D eigenvalue weighted by Crippen LogP contribution is 2.13. The third-order valence-corrected chi connectivity index (χ3v) is 3.13. The van der Waals surface area contributed by atoms with Gasteiger partial charge in [0.2, 0.25) is 11.8 Å². The standard InChI is InChI=1S/C11H21N3O2/c1-4-14(3)9(15)7-13-11(16)10-8(2)5-6-12-10/h8,10,12H,4-7H2,1-3H3,(H,13,16). The monoisotopic (exact) mass is 227 g/mol. The molecule has 0 aliphatic carbocycles. The van der Waals surface area contributed by atoms with E-state index in [0.29, 0.717) is 12.5 Å². The average molecular weight is 227 g/mol. The fourth-order valence-electron chi connectivity index (χ4n) is 1.77. The van der Waals surface area contributed by atoms with Crippen molar-refractivity contribution in [2.45, 2.75) is 26.3 Å². The molecule has 0 saturated carbocycles. The Balaban J connectivity index is 2.32. The van der Waals surface area contributed by atoms with Gasteiger partial charge >= 0.3 is 0 Å². The van der Waals surface area contributed by atoms with E-state index in [1.807, 2.05) is 13.8 Å². The Bertz CT molecular complexity index is 268. The smallest absolute Gasteiger partial charge is 0.241 e. The molecule has 1 fully saturated rings. The highest BCUT2D eigenvalue weighted by Gasteiger charge is 2.29. The van der Waals surface area contributed by atoms with Crippen LogP contribution in [0, 0.1) is 5.92 Å². The van der Waals surface area contributed by atoms with E-state index in [1.165, 1.54) is 0 Å². The highest BCUT2D eigenvalue weighted by molar-refractivity contribution is 5.87. The van der Waals surface area contributed by atoms with Gasteiger partial charge in [0.15, 0.2) is 0 Å². The summed E-state index contributed by atoms with van der Waals surface area (Å²) in [7, 11) is 1.73. The van der Waals surface area contributed by atoms with Gasteiger partial charge in [-0.15, -0.1) is 0 Å². The molecule has 2 atom stereocenters. The van der Waals surface area contributed by atoms with Gasteiger partial charge < -0.3 is 15.5 Å². The molecular formula is C11H21N3O2. The first-order valence-electron chi connectivity index (χ1n) is 5.81. The minimum absolute atomic E-state index is 0.0542.